The van der Waals surface area contributed by atoms with Crippen LogP contribution in [0.25, 0.3) is 0 Å². The molecule has 2 aliphatic rings. The van der Waals surface area contributed by atoms with Crippen LogP contribution >= 0.6 is 0 Å². The first kappa shape index (κ1) is 31.5. The number of ether oxygens (including phenoxy) is 3. The van der Waals surface area contributed by atoms with E-state index in [1.54, 1.807) is 27.0 Å². The highest BCUT2D eigenvalue weighted by Crippen LogP contribution is 2.39. The average molecular weight is 595 g/mol. The number of hydrogen-bond acceptors (Lipinski definition) is 10. The molecule has 2 heterocycles. The molecule has 0 spiro atoms. The van der Waals surface area contributed by atoms with Crippen LogP contribution in [0.5, 0.6) is 5.75 Å². The number of nitrogens with one attached hydrogen (secondary N) is 1. The number of carbonyl (C=O) groups is 2. The lowest BCUT2D eigenvalue weighted by Crippen LogP contribution is -2.47. The van der Waals surface area contributed by atoms with Crippen LogP contribution in [0.15, 0.2) is 71.1 Å². The Morgan fingerprint density at radius 1 is 1.00 bits per heavy atom. The second-order valence-corrected chi connectivity index (χ2v) is 10.4. The van der Waals surface area contributed by atoms with E-state index in [1.807, 2.05) is 18.2 Å². The van der Waals surface area contributed by atoms with Gasteiger partial charge in [0.15, 0.2) is 0 Å². The molecule has 2 aromatic rings. The number of anilines is 1. The first-order valence-corrected chi connectivity index (χ1v) is 14.2. The number of non-ortho nitro benzene ring substituents is 1. The second kappa shape index (κ2) is 14.7. The van der Waals surface area contributed by atoms with Crippen molar-refractivity contribution in [3.63, 3.8) is 0 Å². The Morgan fingerprint density at radius 3 is 2.42 bits per heavy atom. The number of esters is 1. The van der Waals surface area contributed by atoms with E-state index in [-0.39, 0.29) is 23.4 Å². The Morgan fingerprint density at radius 2 is 1.72 bits per heavy atom. The lowest BCUT2D eigenvalue weighted by Gasteiger charge is -2.36. The number of dihydropyridines is 1. The van der Waals surface area contributed by atoms with E-state index in [9.17, 15) is 24.8 Å². The molecule has 1 unspecified atom stereocenters. The Balaban J connectivity index is 1.24. The zero-order chi connectivity index (χ0) is 30.9. The number of benzene rings is 2. The summed E-state index contributed by atoms with van der Waals surface area (Å²) in [6.07, 6.45) is 0.467. The van der Waals surface area contributed by atoms with Gasteiger partial charge in [-0.1, -0.05) is 24.3 Å². The summed E-state index contributed by atoms with van der Waals surface area (Å²) in [5.41, 5.74) is 2.07. The molecular weight excluding hydrogens is 556 g/mol. The molecule has 1 fully saturated rings. The molecule has 230 valence electrons. The van der Waals surface area contributed by atoms with E-state index in [0.717, 1.165) is 44.2 Å². The summed E-state index contributed by atoms with van der Waals surface area (Å²) >= 11 is 0. The third-order valence-corrected chi connectivity index (χ3v) is 7.64. The number of para-hydroxylation sites is 2. The number of aliphatic carboxylic acids is 1. The highest BCUT2D eigenvalue weighted by atomic mass is 16.6. The predicted octanol–water partition coefficient (Wildman–Crippen LogP) is 3.69. The van der Waals surface area contributed by atoms with Gasteiger partial charge < -0.3 is 29.5 Å². The Hall–Kier alpha value is -4.42. The van der Waals surface area contributed by atoms with Crippen molar-refractivity contribution in [3.05, 3.63) is 86.7 Å². The summed E-state index contributed by atoms with van der Waals surface area (Å²) in [5.74, 6) is -2.06. The van der Waals surface area contributed by atoms with E-state index in [2.05, 4.69) is 21.2 Å². The first-order valence-electron chi connectivity index (χ1n) is 14.2. The molecule has 0 aromatic heterocycles. The summed E-state index contributed by atoms with van der Waals surface area (Å²) in [6, 6.07) is 13.7. The van der Waals surface area contributed by atoms with Crippen molar-refractivity contribution in [2.45, 2.75) is 26.2 Å². The average Bonchev–Trinajstić information content (AvgIpc) is 3.00. The fraction of sp³-hybridized carbons (Fsp3) is 0.419. The van der Waals surface area contributed by atoms with Crippen LogP contribution < -0.4 is 15.0 Å². The molecule has 2 aromatic carbocycles. The smallest absolute Gasteiger partial charge is 0.336 e. The number of carbonyl (C=O) groups excluding carboxylic acids is 1. The van der Waals surface area contributed by atoms with Crippen LogP contribution in [-0.2, 0) is 19.1 Å². The van der Waals surface area contributed by atoms with E-state index >= 15 is 0 Å². The van der Waals surface area contributed by atoms with Gasteiger partial charge in [-0.2, -0.15) is 0 Å². The maximum absolute atomic E-state index is 13.2. The standard InChI is InChI=1S/C31H38N4O8/c1-21-27(30(36)37)29(23-8-6-9-24(20-23)35(39)40)28(22(2)32-21)31(38)43-18-7-17-42-19-16-33-12-14-34(15-13-33)25-10-4-5-11-26(25)41-3/h4-6,8-11,20,29,32H,7,12-19H2,1-3H3,(H,36,37). The number of rotatable bonds is 13. The lowest BCUT2D eigenvalue weighted by atomic mass is 9.80. The molecule has 4 rings (SSSR count). The molecular formula is C31H38N4O8. The zero-order valence-corrected chi connectivity index (χ0v) is 24.7. The van der Waals surface area contributed by atoms with Gasteiger partial charge in [-0.05, 0) is 31.5 Å². The van der Waals surface area contributed by atoms with Crippen molar-refractivity contribution < 1.29 is 33.8 Å². The van der Waals surface area contributed by atoms with Crippen LogP contribution in [0, 0.1) is 10.1 Å². The third-order valence-electron chi connectivity index (χ3n) is 7.64. The largest absolute Gasteiger partial charge is 0.495 e. The minimum absolute atomic E-state index is 0.0647. The molecule has 2 aliphatic heterocycles. The number of carboxylic acid groups (broad SMARTS) is 1. The third kappa shape index (κ3) is 7.70. The predicted molar refractivity (Wildman–Crippen MR) is 160 cm³/mol. The monoisotopic (exact) mass is 594 g/mol. The summed E-state index contributed by atoms with van der Waals surface area (Å²) in [5, 5.41) is 24.3. The van der Waals surface area contributed by atoms with Gasteiger partial charge in [0, 0.05) is 69.3 Å². The summed E-state index contributed by atoms with van der Waals surface area (Å²) in [6.45, 7) is 8.71. The van der Waals surface area contributed by atoms with Crippen LogP contribution in [0.1, 0.15) is 31.7 Å². The summed E-state index contributed by atoms with van der Waals surface area (Å²) in [7, 11) is 1.68. The van der Waals surface area contributed by atoms with Gasteiger partial charge in [-0.3, -0.25) is 15.0 Å². The van der Waals surface area contributed by atoms with Gasteiger partial charge >= 0.3 is 11.9 Å². The highest BCUT2D eigenvalue weighted by molar-refractivity contribution is 5.99. The van der Waals surface area contributed by atoms with Crippen molar-refractivity contribution >= 4 is 23.3 Å². The summed E-state index contributed by atoms with van der Waals surface area (Å²) in [4.78, 5) is 40.9. The maximum atomic E-state index is 13.2. The van der Waals surface area contributed by atoms with Gasteiger partial charge in [0.1, 0.15) is 5.75 Å². The number of hydrogen-bond donors (Lipinski definition) is 2. The molecule has 12 heteroatoms. The molecule has 1 atom stereocenters. The van der Waals surface area contributed by atoms with E-state index in [0.29, 0.717) is 36.6 Å². The molecule has 0 bridgehead atoms. The Labute approximate surface area is 250 Å². The van der Waals surface area contributed by atoms with Crippen LogP contribution in [0.2, 0.25) is 0 Å². The minimum atomic E-state index is -1.23. The molecule has 12 nitrogen and oxygen atoms in total. The lowest BCUT2D eigenvalue weighted by molar-refractivity contribution is -0.384. The second-order valence-electron chi connectivity index (χ2n) is 10.4. The van der Waals surface area contributed by atoms with Gasteiger partial charge in [0.2, 0.25) is 0 Å². The van der Waals surface area contributed by atoms with Gasteiger partial charge in [-0.15, -0.1) is 0 Å². The molecule has 0 aliphatic carbocycles. The van der Waals surface area contributed by atoms with E-state index in [1.165, 1.54) is 18.2 Å². The maximum Gasteiger partial charge on any atom is 0.336 e. The van der Waals surface area contributed by atoms with Gasteiger partial charge in [-0.25, -0.2) is 9.59 Å². The van der Waals surface area contributed by atoms with Crippen molar-refractivity contribution in [2.75, 3.05) is 64.6 Å². The summed E-state index contributed by atoms with van der Waals surface area (Å²) < 4.78 is 16.8. The van der Waals surface area contributed by atoms with Crippen molar-refractivity contribution in [1.29, 1.82) is 0 Å². The molecule has 0 saturated carbocycles. The number of carboxylic acids is 1. The minimum Gasteiger partial charge on any atom is -0.495 e. The molecule has 1 saturated heterocycles. The van der Waals surface area contributed by atoms with Crippen molar-refractivity contribution in [2.24, 2.45) is 0 Å². The van der Waals surface area contributed by atoms with E-state index < -0.39 is 22.8 Å². The van der Waals surface area contributed by atoms with Crippen molar-refractivity contribution in [1.82, 2.24) is 10.2 Å². The van der Waals surface area contributed by atoms with E-state index in [4.69, 9.17) is 14.2 Å². The number of allylic oxidation sites excluding steroid dienone is 2. The van der Waals surface area contributed by atoms with Crippen LogP contribution in [0.3, 0.4) is 0 Å². The Kier molecular flexibility index (Phi) is 10.7. The number of piperazine rings is 1. The fourth-order valence-corrected chi connectivity index (χ4v) is 5.50. The number of methoxy groups -OCH3 is 1. The molecule has 0 radical (unpaired) electrons. The topological polar surface area (TPSA) is 144 Å². The van der Waals surface area contributed by atoms with Crippen molar-refractivity contribution in [3.8, 4) is 5.75 Å². The van der Waals surface area contributed by atoms with Crippen LogP contribution in [-0.4, -0.2) is 86.5 Å². The molecule has 2 N–H and O–H groups in total. The highest BCUT2D eigenvalue weighted by Gasteiger charge is 2.37. The fourth-order valence-electron chi connectivity index (χ4n) is 5.50. The number of nitro benzene ring substituents is 1. The number of nitrogens with zero attached hydrogens (tertiary/aromatic N) is 3. The quantitative estimate of drug-likeness (QED) is 0.152. The Bertz CT molecular complexity index is 1400. The first-order chi connectivity index (χ1) is 20.7. The SMILES string of the molecule is COc1ccccc1N1CCN(CCOCCCOC(=O)C2=C(C)NC(C)=C(C(=O)O)C2c2cccc([N+](=O)[O-])c2)CC1. The number of nitro groups is 1. The normalized spacial score (nSPS) is 17.5. The van der Waals surface area contributed by atoms with Gasteiger partial charge in [0.25, 0.3) is 5.69 Å². The molecule has 43 heavy (non-hydrogen) atoms. The zero-order valence-electron chi connectivity index (χ0n) is 24.7. The van der Waals surface area contributed by atoms with Gasteiger partial charge in [0.05, 0.1) is 48.0 Å². The molecule has 0 amide bonds. The van der Waals surface area contributed by atoms with Crippen LogP contribution in [0.4, 0.5) is 11.4 Å².